The molecular formula is C27H35N5O2S. The highest BCUT2D eigenvalue weighted by Crippen LogP contribution is 2.14. The number of benzene rings is 2. The monoisotopic (exact) mass is 493 g/mol. The average molecular weight is 494 g/mol. The van der Waals surface area contributed by atoms with Crippen molar-refractivity contribution < 1.29 is 9.00 Å². The number of nitrogens with zero attached hydrogens (tertiary/aromatic N) is 4. The van der Waals surface area contributed by atoms with Crippen molar-refractivity contribution in [3.8, 4) is 0 Å². The van der Waals surface area contributed by atoms with Crippen molar-refractivity contribution in [1.82, 2.24) is 24.1 Å². The largest absolute Gasteiger partial charge is 0.354 e. The first-order chi connectivity index (χ1) is 17.0. The van der Waals surface area contributed by atoms with Crippen molar-refractivity contribution in [2.24, 2.45) is 0 Å². The predicted molar refractivity (Wildman–Crippen MR) is 140 cm³/mol. The fourth-order valence-corrected chi connectivity index (χ4v) is 5.36. The van der Waals surface area contributed by atoms with E-state index in [0.29, 0.717) is 26.1 Å². The van der Waals surface area contributed by atoms with Crippen molar-refractivity contribution in [3.63, 3.8) is 0 Å². The average Bonchev–Trinajstić information content (AvgIpc) is 3.30. The van der Waals surface area contributed by atoms with Gasteiger partial charge in [0.25, 0.3) is 0 Å². The van der Waals surface area contributed by atoms with Gasteiger partial charge in [-0.2, -0.15) is 0 Å². The lowest BCUT2D eigenvalue weighted by atomic mass is 10.1. The highest BCUT2D eigenvalue weighted by atomic mass is 32.2. The molecule has 7 nitrogen and oxygen atoms in total. The van der Waals surface area contributed by atoms with Crippen LogP contribution in [0.1, 0.15) is 22.4 Å². The van der Waals surface area contributed by atoms with Crippen LogP contribution in [0.3, 0.4) is 0 Å². The number of nitrogens with one attached hydrogen (secondary N) is 1. The number of piperazine rings is 1. The van der Waals surface area contributed by atoms with E-state index < -0.39 is 17.0 Å². The Bertz CT molecular complexity index is 1120. The van der Waals surface area contributed by atoms with Crippen molar-refractivity contribution in [2.45, 2.75) is 32.4 Å². The Hall–Kier alpha value is -2.81. The molecule has 0 saturated carbocycles. The molecule has 2 atom stereocenters. The first-order valence-corrected chi connectivity index (χ1v) is 13.7. The number of imidazole rings is 1. The molecule has 1 N–H and O–H groups in total. The molecule has 2 aromatic carbocycles. The van der Waals surface area contributed by atoms with Gasteiger partial charge in [0.05, 0.1) is 17.3 Å². The molecule has 1 saturated heterocycles. The zero-order valence-corrected chi connectivity index (χ0v) is 21.4. The van der Waals surface area contributed by atoms with Crippen LogP contribution >= 0.6 is 0 Å². The Balaban J connectivity index is 1.30. The van der Waals surface area contributed by atoms with E-state index in [2.05, 4.69) is 63.1 Å². The SMILES string of the molecule is Cc1ccc(CCN2CCN(S(C)=O)C(C(=O)NCCc3cncn3Cc3ccccc3)C2)cc1. The smallest absolute Gasteiger partial charge is 0.239 e. The molecule has 2 unspecified atom stereocenters. The maximum absolute atomic E-state index is 13.1. The van der Waals surface area contributed by atoms with E-state index in [4.69, 9.17) is 0 Å². The maximum Gasteiger partial charge on any atom is 0.239 e. The van der Waals surface area contributed by atoms with Crippen LogP contribution in [0, 0.1) is 6.92 Å². The van der Waals surface area contributed by atoms with Gasteiger partial charge < -0.3 is 9.88 Å². The van der Waals surface area contributed by atoms with Gasteiger partial charge in [-0.3, -0.25) is 9.69 Å². The van der Waals surface area contributed by atoms with Gasteiger partial charge in [-0.15, -0.1) is 0 Å². The minimum absolute atomic E-state index is 0.0608. The molecule has 35 heavy (non-hydrogen) atoms. The fourth-order valence-electron chi connectivity index (χ4n) is 4.50. The molecule has 1 aliphatic rings. The van der Waals surface area contributed by atoms with Gasteiger partial charge in [-0.05, 0) is 24.5 Å². The second-order valence-electron chi connectivity index (χ2n) is 9.16. The fraction of sp³-hybridized carbons (Fsp3) is 0.407. The summed E-state index contributed by atoms with van der Waals surface area (Å²) in [4.78, 5) is 19.7. The minimum Gasteiger partial charge on any atom is -0.354 e. The molecule has 1 amide bonds. The molecule has 4 rings (SSSR count). The first kappa shape index (κ1) is 25.3. The molecule has 2 heterocycles. The third-order valence-electron chi connectivity index (χ3n) is 6.56. The van der Waals surface area contributed by atoms with Crippen LogP contribution in [0.15, 0.2) is 67.1 Å². The van der Waals surface area contributed by atoms with Crippen LogP contribution in [0.5, 0.6) is 0 Å². The van der Waals surface area contributed by atoms with Crippen molar-refractivity contribution >= 4 is 16.9 Å². The van der Waals surface area contributed by atoms with E-state index in [1.165, 1.54) is 16.7 Å². The molecule has 0 spiro atoms. The van der Waals surface area contributed by atoms with Crippen LogP contribution < -0.4 is 5.32 Å². The third-order valence-corrected chi connectivity index (χ3v) is 7.66. The van der Waals surface area contributed by atoms with Gasteiger partial charge in [0.15, 0.2) is 0 Å². The molecule has 0 radical (unpaired) electrons. The maximum atomic E-state index is 13.1. The van der Waals surface area contributed by atoms with Gasteiger partial charge in [-0.25, -0.2) is 13.5 Å². The Kier molecular flexibility index (Phi) is 8.84. The third kappa shape index (κ3) is 7.10. The van der Waals surface area contributed by atoms with Crippen LogP contribution in [-0.4, -0.2) is 73.9 Å². The number of carbonyl (C=O) groups is 1. The Labute approximate surface area is 210 Å². The molecule has 186 valence electrons. The van der Waals surface area contributed by atoms with Crippen molar-refractivity contribution in [1.29, 1.82) is 0 Å². The summed E-state index contributed by atoms with van der Waals surface area (Å²) in [6.07, 6.45) is 6.98. The number of rotatable bonds is 10. The second-order valence-corrected chi connectivity index (χ2v) is 10.5. The molecule has 1 aliphatic heterocycles. The van der Waals surface area contributed by atoms with Gasteiger partial charge in [-0.1, -0.05) is 60.2 Å². The van der Waals surface area contributed by atoms with E-state index >= 15 is 0 Å². The normalized spacial score (nSPS) is 17.8. The highest BCUT2D eigenvalue weighted by Gasteiger charge is 2.34. The standard InChI is InChI=1S/C27H35N5O2S/c1-22-8-10-23(11-9-22)13-15-30-16-17-32(35(2)34)26(20-30)27(33)29-14-12-25-18-28-21-31(25)19-24-6-4-3-5-7-24/h3-11,18,21,26H,12-17,19-20H2,1-2H3,(H,29,33). The van der Waals surface area contributed by atoms with Crippen molar-refractivity contribution in [2.75, 3.05) is 39.0 Å². The summed E-state index contributed by atoms with van der Waals surface area (Å²) in [5.41, 5.74) is 4.84. The van der Waals surface area contributed by atoms with E-state index in [0.717, 1.165) is 31.7 Å². The zero-order valence-electron chi connectivity index (χ0n) is 20.6. The summed E-state index contributed by atoms with van der Waals surface area (Å²) >= 11 is 0. The predicted octanol–water partition coefficient (Wildman–Crippen LogP) is 2.42. The van der Waals surface area contributed by atoms with Crippen LogP contribution in [0.2, 0.25) is 0 Å². The van der Waals surface area contributed by atoms with Crippen LogP contribution in [0.4, 0.5) is 0 Å². The molecular weight excluding hydrogens is 458 g/mol. The molecule has 1 aromatic heterocycles. The number of amides is 1. The van der Waals surface area contributed by atoms with Crippen LogP contribution in [-0.2, 0) is 35.2 Å². The van der Waals surface area contributed by atoms with Gasteiger partial charge in [0.2, 0.25) is 5.91 Å². The van der Waals surface area contributed by atoms with E-state index in [-0.39, 0.29) is 5.91 Å². The lowest BCUT2D eigenvalue weighted by Crippen LogP contribution is -2.59. The summed E-state index contributed by atoms with van der Waals surface area (Å²) in [6.45, 7) is 6.27. The molecule has 0 bridgehead atoms. The van der Waals surface area contributed by atoms with Crippen molar-refractivity contribution in [3.05, 3.63) is 89.5 Å². The molecule has 8 heteroatoms. The number of aromatic nitrogens is 2. The summed E-state index contributed by atoms with van der Waals surface area (Å²) < 4.78 is 16.3. The summed E-state index contributed by atoms with van der Waals surface area (Å²) in [5, 5.41) is 3.08. The summed E-state index contributed by atoms with van der Waals surface area (Å²) in [6, 6.07) is 18.5. The molecule has 1 fully saturated rings. The lowest BCUT2D eigenvalue weighted by molar-refractivity contribution is -0.126. The van der Waals surface area contributed by atoms with E-state index in [1.54, 1.807) is 6.26 Å². The first-order valence-electron chi connectivity index (χ1n) is 12.2. The second kappa shape index (κ2) is 12.2. The number of hydrogen-bond donors (Lipinski definition) is 1. The van der Waals surface area contributed by atoms with Gasteiger partial charge in [0.1, 0.15) is 6.04 Å². The Morgan fingerprint density at radius 1 is 1.06 bits per heavy atom. The summed E-state index contributed by atoms with van der Waals surface area (Å²) in [7, 11) is -1.19. The molecule has 0 aliphatic carbocycles. The summed E-state index contributed by atoms with van der Waals surface area (Å²) in [5.74, 6) is -0.0608. The van der Waals surface area contributed by atoms with Gasteiger partial charge >= 0.3 is 0 Å². The van der Waals surface area contributed by atoms with Gasteiger partial charge in [0, 0.05) is 63.8 Å². The van der Waals surface area contributed by atoms with E-state index in [9.17, 15) is 9.00 Å². The van der Waals surface area contributed by atoms with E-state index in [1.807, 2.05) is 35.0 Å². The quantitative estimate of drug-likeness (QED) is 0.471. The highest BCUT2D eigenvalue weighted by molar-refractivity contribution is 7.81. The number of aryl methyl sites for hydroxylation is 1. The zero-order chi connectivity index (χ0) is 24.6. The Morgan fingerprint density at radius 3 is 2.57 bits per heavy atom. The minimum atomic E-state index is -1.19. The van der Waals surface area contributed by atoms with Crippen LogP contribution in [0.25, 0.3) is 0 Å². The number of carbonyl (C=O) groups excluding carboxylic acids is 1. The topological polar surface area (TPSA) is 70.5 Å². The Morgan fingerprint density at radius 2 is 1.83 bits per heavy atom. The number of hydrogen-bond acceptors (Lipinski definition) is 4. The lowest BCUT2D eigenvalue weighted by Gasteiger charge is -2.39. The molecule has 3 aromatic rings.